The van der Waals surface area contributed by atoms with E-state index in [4.69, 9.17) is 16.3 Å². The minimum absolute atomic E-state index is 0.347. The molecule has 2 heterocycles. The molecule has 2 aromatic rings. The Labute approximate surface area is 108 Å². The summed E-state index contributed by atoms with van der Waals surface area (Å²) < 4.78 is 4.82. The van der Waals surface area contributed by atoms with Gasteiger partial charge in [-0.05, 0) is 0 Å². The number of fused-ring (bicyclic) bond motifs is 1. The van der Waals surface area contributed by atoms with Crippen LogP contribution in [-0.4, -0.2) is 41.5 Å². The van der Waals surface area contributed by atoms with Gasteiger partial charge in [-0.2, -0.15) is 5.10 Å². The Kier molecular flexibility index (Phi) is 3.96. The molecule has 3 N–H and O–H groups in total. The van der Waals surface area contributed by atoms with Gasteiger partial charge in [0.2, 0.25) is 0 Å². The van der Waals surface area contributed by atoms with Gasteiger partial charge in [0, 0.05) is 25.9 Å². The number of hydrogen-bond donors (Lipinski definition) is 3. The first-order chi connectivity index (χ1) is 8.70. The number of anilines is 1. The van der Waals surface area contributed by atoms with Crippen molar-refractivity contribution in [2.24, 2.45) is 0 Å². The quantitative estimate of drug-likeness (QED) is 0.731. The lowest BCUT2D eigenvalue weighted by atomic mass is 10.3. The van der Waals surface area contributed by atoms with Crippen LogP contribution in [0.4, 0.5) is 10.6 Å². The number of H-pyrrole nitrogens is 1. The summed E-state index contributed by atoms with van der Waals surface area (Å²) in [6.07, 6.45) is 1.55. The van der Waals surface area contributed by atoms with E-state index in [1.807, 2.05) is 0 Å². The number of rotatable bonds is 4. The molecule has 0 fully saturated rings. The fourth-order valence-electron chi connectivity index (χ4n) is 1.37. The molecule has 18 heavy (non-hydrogen) atoms. The van der Waals surface area contributed by atoms with Crippen molar-refractivity contribution in [3.05, 3.63) is 17.4 Å². The largest absolute Gasteiger partial charge is 0.383 e. The van der Waals surface area contributed by atoms with Crippen LogP contribution in [0.2, 0.25) is 5.15 Å². The number of pyridine rings is 1. The molecule has 0 aliphatic carbocycles. The summed E-state index contributed by atoms with van der Waals surface area (Å²) in [5.41, 5.74) is 0.641. The fraction of sp³-hybridized carbons (Fsp3) is 0.300. The number of halogens is 1. The Balaban J connectivity index is 2.01. The van der Waals surface area contributed by atoms with E-state index in [9.17, 15) is 4.79 Å². The average molecular weight is 270 g/mol. The highest BCUT2D eigenvalue weighted by atomic mass is 35.5. The smallest absolute Gasteiger partial charge is 0.320 e. The van der Waals surface area contributed by atoms with Crippen LogP contribution in [0.15, 0.2) is 12.3 Å². The first kappa shape index (κ1) is 12.6. The second kappa shape index (κ2) is 5.65. The molecule has 2 aromatic heterocycles. The third-order valence-electron chi connectivity index (χ3n) is 2.23. The predicted molar refractivity (Wildman–Crippen MR) is 67.8 cm³/mol. The summed E-state index contributed by atoms with van der Waals surface area (Å²) in [6, 6.07) is 1.29. The van der Waals surface area contributed by atoms with Crippen LogP contribution >= 0.6 is 11.6 Å². The number of amides is 2. The Bertz CT molecular complexity index is 556. The third-order valence-corrected chi connectivity index (χ3v) is 2.51. The minimum atomic E-state index is -0.347. The molecule has 8 heteroatoms. The van der Waals surface area contributed by atoms with Crippen molar-refractivity contribution in [2.75, 3.05) is 25.6 Å². The van der Waals surface area contributed by atoms with Crippen molar-refractivity contribution >= 4 is 34.4 Å². The molecule has 7 nitrogen and oxygen atoms in total. The molecule has 0 spiro atoms. The minimum Gasteiger partial charge on any atom is -0.383 e. The topological polar surface area (TPSA) is 91.9 Å². The van der Waals surface area contributed by atoms with Crippen molar-refractivity contribution in [2.45, 2.75) is 0 Å². The molecule has 0 aromatic carbocycles. The van der Waals surface area contributed by atoms with Crippen molar-refractivity contribution in [1.29, 1.82) is 0 Å². The fourth-order valence-corrected chi connectivity index (χ4v) is 1.56. The maximum Gasteiger partial charge on any atom is 0.320 e. The molecule has 0 atom stereocenters. The van der Waals surface area contributed by atoms with Gasteiger partial charge < -0.3 is 10.1 Å². The van der Waals surface area contributed by atoms with E-state index in [0.717, 1.165) is 0 Å². The summed E-state index contributed by atoms with van der Waals surface area (Å²) in [4.78, 5) is 15.5. The van der Waals surface area contributed by atoms with Crippen molar-refractivity contribution in [1.82, 2.24) is 20.5 Å². The Morgan fingerprint density at radius 3 is 3.22 bits per heavy atom. The van der Waals surface area contributed by atoms with Gasteiger partial charge in [0.1, 0.15) is 11.0 Å². The van der Waals surface area contributed by atoms with E-state index in [-0.39, 0.29) is 6.03 Å². The highest BCUT2D eigenvalue weighted by Crippen LogP contribution is 2.20. The second-order valence-electron chi connectivity index (χ2n) is 3.50. The molecule has 0 radical (unpaired) electrons. The van der Waals surface area contributed by atoms with Crippen LogP contribution in [0.5, 0.6) is 0 Å². The van der Waals surface area contributed by atoms with Crippen LogP contribution in [0.25, 0.3) is 10.9 Å². The first-order valence-electron chi connectivity index (χ1n) is 5.24. The van der Waals surface area contributed by atoms with E-state index in [2.05, 4.69) is 25.8 Å². The lowest BCUT2D eigenvalue weighted by molar-refractivity contribution is 0.198. The number of methoxy groups -OCH3 is 1. The zero-order chi connectivity index (χ0) is 13.0. The van der Waals surface area contributed by atoms with E-state index >= 15 is 0 Å². The molecule has 2 amide bonds. The van der Waals surface area contributed by atoms with Gasteiger partial charge in [-0.3, -0.25) is 10.4 Å². The molecule has 2 rings (SSSR count). The number of aromatic amines is 1. The third kappa shape index (κ3) is 2.88. The van der Waals surface area contributed by atoms with Gasteiger partial charge in [-0.1, -0.05) is 11.6 Å². The Hall–Kier alpha value is -1.86. The lowest BCUT2D eigenvalue weighted by Gasteiger charge is -2.06. The molecule has 0 saturated heterocycles. The van der Waals surface area contributed by atoms with Gasteiger partial charge >= 0.3 is 6.03 Å². The van der Waals surface area contributed by atoms with Crippen LogP contribution in [0, 0.1) is 0 Å². The first-order valence-corrected chi connectivity index (χ1v) is 5.62. The van der Waals surface area contributed by atoms with Gasteiger partial charge in [0.15, 0.2) is 0 Å². The van der Waals surface area contributed by atoms with E-state index in [0.29, 0.717) is 35.0 Å². The van der Waals surface area contributed by atoms with E-state index in [1.165, 1.54) is 0 Å². The monoisotopic (exact) mass is 269 g/mol. The zero-order valence-electron chi connectivity index (χ0n) is 9.66. The maximum atomic E-state index is 11.5. The van der Waals surface area contributed by atoms with E-state index in [1.54, 1.807) is 19.4 Å². The number of hydrogen-bond acceptors (Lipinski definition) is 4. The number of carbonyl (C=O) groups excluding carboxylic acids is 1. The molecule has 0 saturated carbocycles. The average Bonchev–Trinajstić information content (AvgIpc) is 2.71. The standard InChI is InChI=1S/C10H12ClN5O2/c1-18-3-2-12-10(17)14-8-4-7-6(5-13-8)9(11)16-15-7/h4-5H,2-3H2,1H3,(H,15,16)(H2,12,13,14,17). The normalized spacial score (nSPS) is 10.6. The highest BCUT2D eigenvalue weighted by Gasteiger charge is 2.07. The van der Waals surface area contributed by atoms with Gasteiger partial charge in [-0.25, -0.2) is 9.78 Å². The van der Waals surface area contributed by atoms with Crippen LogP contribution < -0.4 is 10.6 Å². The summed E-state index contributed by atoms with van der Waals surface area (Å²) in [7, 11) is 1.57. The lowest BCUT2D eigenvalue weighted by Crippen LogP contribution is -2.31. The van der Waals surface area contributed by atoms with Crippen molar-refractivity contribution < 1.29 is 9.53 Å². The van der Waals surface area contributed by atoms with Crippen LogP contribution in [0.1, 0.15) is 0 Å². The number of carbonyl (C=O) groups is 1. The SMILES string of the molecule is COCCNC(=O)Nc1cc2n[nH]c(Cl)c2cn1. The predicted octanol–water partition coefficient (Wildman–Crippen LogP) is 1.38. The van der Waals surface area contributed by atoms with Gasteiger partial charge in [0.25, 0.3) is 0 Å². The molecule has 0 unspecified atom stereocenters. The number of nitrogens with one attached hydrogen (secondary N) is 3. The molecule has 0 aliphatic rings. The molecular weight excluding hydrogens is 258 g/mol. The van der Waals surface area contributed by atoms with Crippen LogP contribution in [-0.2, 0) is 4.74 Å². The van der Waals surface area contributed by atoms with Crippen molar-refractivity contribution in [3.63, 3.8) is 0 Å². The van der Waals surface area contributed by atoms with Crippen LogP contribution in [0.3, 0.4) is 0 Å². The maximum absolute atomic E-state index is 11.5. The summed E-state index contributed by atoms with van der Waals surface area (Å²) >= 11 is 5.84. The number of aromatic nitrogens is 3. The number of nitrogens with zero attached hydrogens (tertiary/aromatic N) is 2. The molecule has 0 bridgehead atoms. The number of urea groups is 1. The number of ether oxygens (including phenoxy) is 1. The summed E-state index contributed by atoms with van der Waals surface area (Å²) in [6.45, 7) is 0.883. The second-order valence-corrected chi connectivity index (χ2v) is 3.88. The highest BCUT2D eigenvalue weighted by molar-refractivity contribution is 6.34. The molecular formula is C10H12ClN5O2. The Morgan fingerprint density at radius 2 is 2.44 bits per heavy atom. The Morgan fingerprint density at radius 1 is 1.61 bits per heavy atom. The van der Waals surface area contributed by atoms with Crippen molar-refractivity contribution in [3.8, 4) is 0 Å². The molecule has 96 valence electrons. The summed E-state index contributed by atoms with van der Waals surface area (Å²) in [5.74, 6) is 0.403. The summed E-state index contributed by atoms with van der Waals surface area (Å²) in [5, 5.41) is 12.9. The molecule has 0 aliphatic heterocycles. The van der Waals surface area contributed by atoms with Gasteiger partial charge in [0.05, 0.1) is 17.5 Å². The zero-order valence-corrected chi connectivity index (χ0v) is 10.4. The van der Waals surface area contributed by atoms with Gasteiger partial charge in [-0.15, -0.1) is 0 Å². The van der Waals surface area contributed by atoms with E-state index < -0.39 is 0 Å².